The smallest absolute Gasteiger partial charge is 0.254 e. The summed E-state index contributed by atoms with van der Waals surface area (Å²) in [5.74, 6) is 0.580. The number of ether oxygens (including phenoxy) is 2. The molecule has 1 saturated heterocycles. The molecule has 0 aromatic heterocycles. The Kier molecular flexibility index (Phi) is 7.46. The van der Waals surface area contributed by atoms with Crippen LogP contribution in [0.1, 0.15) is 29.3 Å². The van der Waals surface area contributed by atoms with Crippen molar-refractivity contribution < 1.29 is 22.7 Å². The molecule has 2 aromatic rings. The van der Waals surface area contributed by atoms with Crippen LogP contribution in [-0.4, -0.2) is 63.4 Å². The average molecular weight is 467 g/mol. The number of amides is 1. The number of sulfonamides is 1. The quantitative estimate of drug-likeness (QED) is 0.623. The third-order valence-corrected chi connectivity index (χ3v) is 7.31. The molecule has 1 fully saturated rings. The third-order valence-electron chi connectivity index (χ3n) is 5.11. The molecule has 1 aliphatic heterocycles. The van der Waals surface area contributed by atoms with Gasteiger partial charge in [0.05, 0.1) is 23.6 Å². The van der Waals surface area contributed by atoms with E-state index in [-0.39, 0.29) is 37.0 Å². The second-order valence-electron chi connectivity index (χ2n) is 7.35. The van der Waals surface area contributed by atoms with E-state index < -0.39 is 10.0 Å². The van der Waals surface area contributed by atoms with E-state index in [0.29, 0.717) is 28.7 Å². The number of benzene rings is 2. The first kappa shape index (κ1) is 23.4. The van der Waals surface area contributed by atoms with Crippen LogP contribution in [0.2, 0.25) is 5.02 Å². The Morgan fingerprint density at radius 3 is 2.32 bits per heavy atom. The molecule has 2 aromatic carbocycles. The van der Waals surface area contributed by atoms with Gasteiger partial charge in [-0.15, -0.1) is 0 Å². The molecule has 0 saturated carbocycles. The van der Waals surface area contributed by atoms with E-state index >= 15 is 0 Å². The highest BCUT2D eigenvalue weighted by Gasteiger charge is 2.31. The van der Waals surface area contributed by atoms with Crippen LogP contribution >= 0.6 is 11.6 Å². The summed E-state index contributed by atoms with van der Waals surface area (Å²) in [5.41, 5.74) is 1.37. The molecule has 1 heterocycles. The zero-order valence-electron chi connectivity index (χ0n) is 17.9. The minimum Gasteiger partial charge on any atom is -0.493 e. The molecule has 0 unspecified atom stereocenters. The molecule has 1 aliphatic rings. The molecular formula is C22H27ClN2O5S. The van der Waals surface area contributed by atoms with Gasteiger partial charge >= 0.3 is 0 Å². The number of carbonyl (C=O) groups excluding carboxylic acids is 1. The highest BCUT2D eigenvalue weighted by Crippen LogP contribution is 2.37. The summed E-state index contributed by atoms with van der Waals surface area (Å²) < 4.78 is 38.1. The molecule has 0 atom stereocenters. The van der Waals surface area contributed by atoms with Crippen LogP contribution in [0, 0.1) is 6.92 Å². The van der Waals surface area contributed by atoms with Crippen LogP contribution in [0.4, 0.5) is 0 Å². The lowest BCUT2D eigenvalue weighted by molar-refractivity contribution is 0.0697. The number of carbonyl (C=O) groups is 1. The molecule has 0 radical (unpaired) electrons. The largest absolute Gasteiger partial charge is 0.493 e. The van der Waals surface area contributed by atoms with Crippen LogP contribution in [0.25, 0.3) is 0 Å². The molecule has 3 rings (SSSR count). The van der Waals surface area contributed by atoms with Gasteiger partial charge in [0.1, 0.15) is 0 Å². The number of methoxy groups -OCH3 is 1. The van der Waals surface area contributed by atoms with Gasteiger partial charge in [0.25, 0.3) is 5.91 Å². The monoisotopic (exact) mass is 466 g/mol. The maximum atomic E-state index is 13.0. The number of hydrogen-bond acceptors (Lipinski definition) is 5. The molecule has 1 amide bonds. The fourth-order valence-electron chi connectivity index (χ4n) is 3.36. The maximum absolute atomic E-state index is 13.0. The molecule has 168 valence electrons. The van der Waals surface area contributed by atoms with Crippen LogP contribution < -0.4 is 9.47 Å². The standard InChI is InChI=1S/C22H27ClN2O5S/c1-4-13-30-21-19(23)14-17(15-20(21)29-3)22(26)24-9-11-25(12-10-24)31(27,28)18-7-5-16(2)6-8-18/h5-8,14-15H,4,9-13H2,1-3H3. The Hall–Kier alpha value is -2.29. The van der Waals surface area contributed by atoms with Crippen LogP contribution in [0.15, 0.2) is 41.3 Å². The molecular weight excluding hydrogens is 440 g/mol. The van der Waals surface area contributed by atoms with Crippen molar-refractivity contribution in [2.24, 2.45) is 0 Å². The molecule has 7 nitrogen and oxygen atoms in total. The molecule has 0 bridgehead atoms. The second-order valence-corrected chi connectivity index (χ2v) is 9.69. The lowest BCUT2D eigenvalue weighted by atomic mass is 10.1. The minimum absolute atomic E-state index is 0.227. The molecule has 31 heavy (non-hydrogen) atoms. The van der Waals surface area contributed by atoms with Gasteiger partial charge in [0.2, 0.25) is 10.0 Å². The van der Waals surface area contributed by atoms with Gasteiger partial charge in [-0.25, -0.2) is 8.42 Å². The van der Waals surface area contributed by atoms with Crippen molar-refractivity contribution in [2.75, 3.05) is 39.9 Å². The van der Waals surface area contributed by atoms with Crippen molar-refractivity contribution in [1.82, 2.24) is 9.21 Å². The normalized spacial score (nSPS) is 15.0. The highest BCUT2D eigenvalue weighted by atomic mass is 35.5. The summed E-state index contributed by atoms with van der Waals surface area (Å²) in [5, 5.41) is 0.303. The van der Waals surface area contributed by atoms with Gasteiger partial charge in [-0.05, 0) is 37.6 Å². The molecule has 0 aliphatic carbocycles. The van der Waals surface area contributed by atoms with Gasteiger partial charge in [-0.1, -0.05) is 36.2 Å². The fraction of sp³-hybridized carbons (Fsp3) is 0.409. The molecule has 9 heteroatoms. The molecule has 0 spiro atoms. The van der Waals surface area contributed by atoms with Gasteiger partial charge in [-0.3, -0.25) is 4.79 Å². The van der Waals surface area contributed by atoms with Crippen molar-refractivity contribution in [3.05, 3.63) is 52.5 Å². The number of rotatable bonds is 7. The summed E-state index contributed by atoms with van der Waals surface area (Å²) in [6.45, 7) is 5.41. The number of nitrogens with zero attached hydrogens (tertiary/aromatic N) is 2. The van der Waals surface area contributed by atoms with Gasteiger partial charge in [0, 0.05) is 31.7 Å². The van der Waals surface area contributed by atoms with Gasteiger partial charge in [-0.2, -0.15) is 4.31 Å². The predicted molar refractivity (Wildman–Crippen MR) is 120 cm³/mol. The summed E-state index contributed by atoms with van der Waals surface area (Å²) in [6.07, 6.45) is 0.815. The van der Waals surface area contributed by atoms with Crippen molar-refractivity contribution in [1.29, 1.82) is 0 Å². The van der Waals surface area contributed by atoms with Crippen molar-refractivity contribution >= 4 is 27.5 Å². The second kappa shape index (κ2) is 9.89. The predicted octanol–water partition coefficient (Wildman–Crippen LogP) is 3.59. The summed E-state index contributed by atoms with van der Waals surface area (Å²) in [7, 11) is -2.09. The third kappa shape index (κ3) is 5.14. The van der Waals surface area contributed by atoms with E-state index in [4.69, 9.17) is 21.1 Å². The summed E-state index contributed by atoms with van der Waals surface area (Å²) >= 11 is 6.33. The van der Waals surface area contributed by atoms with E-state index in [1.807, 2.05) is 13.8 Å². The Morgan fingerprint density at radius 2 is 1.74 bits per heavy atom. The highest BCUT2D eigenvalue weighted by molar-refractivity contribution is 7.89. The van der Waals surface area contributed by atoms with Gasteiger partial charge < -0.3 is 14.4 Å². The number of halogens is 1. The van der Waals surface area contributed by atoms with Gasteiger partial charge in [0.15, 0.2) is 11.5 Å². The number of hydrogen-bond donors (Lipinski definition) is 0. The lowest BCUT2D eigenvalue weighted by Crippen LogP contribution is -2.50. The minimum atomic E-state index is -3.59. The lowest BCUT2D eigenvalue weighted by Gasteiger charge is -2.34. The molecule has 0 N–H and O–H groups in total. The van der Waals surface area contributed by atoms with E-state index in [1.54, 1.807) is 41.3 Å². The maximum Gasteiger partial charge on any atom is 0.254 e. The van der Waals surface area contributed by atoms with Crippen molar-refractivity contribution in [3.8, 4) is 11.5 Å². The van der Waals surface area contributed by atoms with E-state index in [0.717, 1.165) is 12.0 Å². The van der Waals surface area contributed by atoms with E-state index in [9.17, 15) is 13.2 Å². The first-order valence-corrected chi connectivity index (χ1v) is 12.0. The average Bonchev–Trinajstić information content (AvgIpc) is 2.77. The topological polar surface area (TPSA) is 76.2 Å². The summed E-state index contributed by atoms with van der Waals surface area (Å²) in [6, 6.07) is 9.94. The number of aryl methyl sites for hydroxylation is 1. The van der Waals surface area contributed by atoms with Crippen molar-refractivity contribution in [3.63, 3.8) is 0 Å². The zero-order chi connectivity index (χ0) is 22.6. The Bertz CT molecular complexity index is 1030. The van der Waals surface area contributed by atoms with E-state index in [1.165, 1.54) is 11.4 Å². The van der Waals surface area contributed by atoms with Crippen molar-refractivity contribution in [2.45, 2.75) is 25.2 Å². The fourth-order valence-corrected chi connectivity index (χ4v) is 5.05. The van der Waals surface area contributed by atoms with Crippen LogP contribution in [-0.2, 0) is 10.0 Å². The SMILES string of the molecule is CCCOc1c(Cl)cc(C(=O)N2CCN(S(=O)(=O)c3ccc(C)cc3)CC2)cc1OC. The first-order chi connectivity index (χ1) is 14.8. The van der Waals surface area contributed by atoms with Crippen LogP contribution in [0.5, 0.6) is 11.5 Å². The Morgan fingerprint density at radius 1 is 1.10 bits per heavy atom. The van der Waals surface area contributed by atoms with E-state index in [2.05, 4.69) is 0 Å². The summed E-state index contributed by atoms with van der Waals surface area (Å²) in [4.78, 5) is 14.9. The Labute approximate surface area is 188 Å². The van der Waals surface area contributed by atoms with Crippen LogP contribution in [0.3, 0.4) is 0 Å². The Balaban J connectivity index is 1.71. The first-order valence-electron chi connectivity index (χ1n) is 10.1. The zero-order valence-corrected chi connectivity index (χ0v) is 19.5. The number of piperazine rings is 1.